The molecule has 0 saturated carbocycles. The lowest BCUT2D eigenvalue weighted by Crippen LogP contribution is -2.44. The third-order valence-corrected chi connectivity index (χ3v) is 6.40. The molecule has 2 aromatic heterocycles. The molecule has 5 nitrogen and oxygen atoms in total. The Kier molecular flexibility index (Phi) is 5.65. The second kappa shape index (κ2) is 8.89. The van der Waals surface area contributed by atoms with Crippen molar-refractivity contribution >= 4 is 5.95 Å². The molecule has 0 radical (unpaired) electrons. The van der Waals surface area contributed by atoms with Gasteiger partial charge >= 0.3 is 0 Å². The number of anilines is 1. The largest absolute Gasteiger partial charge is 0.380 e. The van der Waals surface area contributed by atoms with E-state index in [2.05, 4.69) is 14.9 Å². The molecule has 1 aliphatic rings. The molecule has 5 rings (SSSR count). The van der Waals surface area contributed by atoms with Crippen LogP contribution in [0.25, 0.3) is 11.3 Å². The number of aliphatic hydroxyl groups is 1. The van der Waals surface area contributed by atoms with Gasteiger partial charge in [0.15, 0.2) is 0 Å². The van der Waals surface area contributed by atoms with Crippen LogP contribution in [0.2, 0.25) is 0 Å². The Morgan fingerprint density at radius 2 is 1.44 bits per heavy atom. The Morgan fingerprint density at radius 1 is 0.781 bits per heavy atom. The minimum atomic E-state index is -1.02. The fourth-order valence-corrected chi connectivity index (χ4v) is 4.70. The maximum absolute atomic E-state index is 12.1. The first-order valence-corrected chi connectivity index (χ1v) is 11.1. The van der Waals surface area contributed by atoms with E-state index < -0.39 is 5.60 Å². The molecule has 0 spiro atoms. The number of pyridine rings is 1. The maximum Gasteiger partial charge on any atom is 0.225 e. The van der Waals surface area contributed by atoms with E-state index in [0.29, 0.717) is 0 Å². The molecule has 1 N–H and O–H groups in total. The smallest absolute Gasteiger partial charge is 0.225 e. The molecule has 32 heavy (non-hydrogen) atoms. The zero-order valence-electron chi connectivity index (χ0n) is 17.9. The summed E-state index contributed by atoms with van der Waals surface area (Å²) in [5.74, 6) is 0.831. The van der Waals surface area contributed by atoms with Gasteiger partial charge in [0.2, 0.25) is 5.95 Å². The van der Waals surface area contributed by atoms with Crippen LogP contribution in [0.15, 0.2) is 97.5 Å². The molecular weight excluding hydrogens is 396 g/mol. The molecule has 1 fully saturated rings. The topological polar surface area (TPSA) is 62.1 Å². The van der Waals surface area contributed by atoms with E-state index in [0.717, 1.165) is 54.3 Å². The number of hydrogen-bond donors (Lipinski definition) is 1. The highest BCUT2D eigenvalue weighted by atomic mass is 16.3. The van der Waals surface area contributed by atoms with Crippen LogP contribution in [0.3, 0.4) is 0 Å². The lowest BCUT2D eigenvalue weighted by atomic mass is 9.72. The Hall–Kier alpha value is -3.57. The van der Waals surface area contributed by atoms with Gasteiger partial charge < -0.3 is 10.0 Å². The van der Waals surface area contributed by atoms with E-state index >= 15 is 0 Å². The maximum atomic E-state index is 12.1. The van der Waals surface area contributed by atoms with Crippen molar-refractivity contribution in [2.45, 2.75) is 18.4 Å². The van der Waals surface area contributed by atoms with Crippen molar-refractivity contribution in [1.29, 1.82) is 0 Å². The molecule has 5 heteroatoms. The third-order valence-electron chi connectivity index (χ3n) is 6.40. The Morgan fingerprint density at radius 3 is 2.03 bits per heavy atom. The normalized spacial score (nSPS) is 15.0. The van der Waals surface area contributed by atoms with Gasteiger partial charge in [0.05, 0.1) is 5.69 Å². The molecule has 160 valence electrons. The van der Waals surface area contributed by atoms with Crippen LogP contribution >= 0.6 is 0 Å². The molecule has 1 aliphatic heterocycles. The van der Waals surface area contributed by atoms with Gasteiger partial charge in [-0.15, -0.1) is 0 Å². The van der Waals surface area contributed by atoms with Crippen molar-refractivity contribution in [3.8, 4) is 11.3 Å². The van der Waals surface area contributed by atoms with Crippen molar-refractivity contribution in [2.75, 3.05) is 18.0 Å². The van der Waals surface area contributed by atoms with E-state index in [4.69, 9.17) is 4.98 Å². The Bertz CT molecular complexity index is 1100. The van der Waals surface area contributed by atoms with Crippen LogP contribution in [0, 0.1) is 5.92 Å². The summed E-state index contributed by atoms with van der Waals surface area (Å²) in [7, 11) is 0. The van der Waals surface area contributed by atoms with Gasteiger partial charge in [0, 0.05) is 37.2 Å². The quantitative estimate of drug-likeness (QED) is 0.506. The van der Waals surface area contributed by atoms with Crippen LogP contribution in [0.5, 0.6) is 0 Å². The summed E-state index contributed by atoms with van der Waals surface area (Å²) in [6.45, 7) is 1.59. The van der Waals surface area contributed by atoms with Crippen LogP contribution in [-0.4, -0.2) is 33.1 Å². The van der Waals surface area contributed by atoms with Gasteiger partial charge in [-0.3, -0.25) is 4.98 Å². The van der Waals surface area contributed by atoms with Crippen molar-refractivity contribution < 1.29 is 5.11 Å². The van der Waals surface area contributed by atoms with E-state index in [-0.39, 0.29) is 5.92 Å². The monoisotopic (exact) mass is 422 g/mol. The summed E-state index contributed by atoms with van der Waals surface area (Å²) in [5.41, 5.74) is 2.72. The number of benzene rings is 2. The average Bonchev–Trinajstić information content (AvgIpc) is 2.90. The summed E-state index contributed by atoms with van der Waals surface area (Å²) in [4.78, 5) is 15.7. The lowest BCUT2D eigenvalue weighted by molar-refractivity contribution is 0.00494. The zero-order valence-corrected chi connectivity index (χ0v) is 17.9. The Labute approximate surface area is 188 Å². The SMILES string of the molecule is OC(c1ccccc1)(c1ccccc1)C1CCN(c2nccc(-c3cccnc3)n2)CC1. The predicted molar refractivity (Wildman–Crippen MR) is 126 cm³/mol. The van der Waals surface area contributed by atoms with Crippen LogP contribution in [0.1, 0.15) is 24.0 Å². The predicted octanol–water partition coefficient (Wildman–Crippen LogP) is 4.69. The summed E-state index contributed by atoms with van der Waals surface area (Å²) < 4.78 is 0. The number of aromatic nitrogens is 3. The van der Waals surface area contributed by atoms with Gasteiger partial charge in [0.25, 0.3) is 0 Å². The molecular formula is C27H26N4O. The minimum absolute atomic E-state index is 0.102. The average molecular weight is 423 g/mol. The van der Waals surface area contributed by atoms with Crippen molar-refractivity contribution in [2.24, 2.45) is 5.92 Å². The lowest BCUT2D eigenvalue weighted by Gasteiger charge is -2.42. The molecule has 0 bridgehead atoms. The fraction of sp³-hybridized carbons (Fsp3) is 0.222. The van der Waals surface area contributed by atoms with Crippen molar-refractivity contribution in [3.63, 3.8) is 0 Å². The van der Waals surface area contributed by atoms with Crippen LogP contribution in [0.4, 0.5) is 5.95 Å². The van der Waals surface area contributed by atoms with Gasteiger partial charge in [-0.05, 0) is 48.1 Å². The standard InChI is InChI=1S/C27H26N4O/c32-27(22-9-3-1-4-10-22,23-11-5-2-6-12-23)24-14-18-31(19-15-24)26-29-17-13-25(30-26)21-8-7-16-28-20-21/h1-13,16-17,20,24,32H,14-15,18-19H2. The number of nitrogens with zero attached hydrogens (tertiary/aromatic N) is 4. The molecule has 0 unspecified atom stereocenters. The highest BCUT2D eigenvalue weighted by Gasteiger charge is 2.41. The summed E-state index contributed by atoms with van der Waals surface area (Å²) in [6, 6.07) is 25.9. The van der Waals surface area contributed by atoms with Gasteiger partial charge in [-0.25, -0.2) is 9.97 Å². The van der Waals surface area contributed by atoms with E-state index in [1.54, 1.807) is 12.4 Å². The van der Waals surface area contributed by atoms with Crippen molar-refractivity contribution in [1.82, 2.24) is 15.0 Å². The van der Waals surface area contributed by atoms with Crippen LogP contribution < -0.4 is 4.90 Å². The highest BCUT2D eigenvalue weighted by molar-refractivity contribution is 5.58. The molecule has 0 atom stereocenters. The first kappa shape index (κ1) is 20.3. The summed E-state index contributed by atoms with van der Waals surface area (Å²) in [5, 5.41) is 12.1. The molecule has 0 amide bonds. The van der Waals surface area contributed by atoms with Crippen molar-refractivity contribution in [3.05, 3.63) is 109 Å². The molecule has 0 aliphatic carbocycles. The third kappa shape index (κ3) is 3.87. The second-order valence-corrected chi connectivity index (χ2v) is 8.24. The number of hydrogen-bond acceptors (Lipinski definition) is 5. The van der Waals surface area contributed by atoms with Gasteiger partial charge in [-0.1, -0.05) is 60.7 Å². The molecule has 3 heterocycles. The first-order valence-electron chi connectivity index (χ1n) is 11.1. The minimum Gasteiger partial charge on any atom is -0.380 e. The number of piperidine rings is 1. The fourth-order valence-electron chi connectivity index (χ4n) is 4.70. The van der Waals surface area contributed by atoms with Crippen LogP contribution in [-0.2, 0) is 5.60 Å². The Balaban J connectivity index is 1.39. The van der Waals surface area contributed by atoms with E-state index in [1.165, 1.54) is 0 Å². The highest BCUT2D eigenvalue weighted by Crippen LogP contribution is 2.42. The summed E-state index contributed by atoms with van der Waals surface area (Å²) in [6.07, 6.45) is 7.08. The van der Waals surface area contributed by atoms with Gasteiger partial charge in [-0.2, -0.15) is 0 Å². The van der Waals surface area contributed by atoms with E-state index in [9.17, 15) is 5.11 Å². The number of rotatable bonds is 5. The molecule has 1 saturated heterocycles. The zero-order chi connectivity index (χ0) is 21.8. The van der Waals surface area contributed by atoms with E-state index in [1.807, 2.05) is 85.1 Å². The molecule has 2 aromatic carbocycles. The summed E-state index contributed by atoms with van der Waals surface area (Å²) >= 11 is 0. The van der Waals surface area contributed by atoms with Gasteiger partial charge in [0.1, 0.15) is 5.60 Å². The first-order chi connectivity index (χ1) is 15.7. The second-order valence-electron chi connectivity index (χ2n) is 8.24. The molecule has 4 aromatic rings.